The molecule has 0 atom stereocenters. The maximum atomic E-state index is 13.0. The second-order valence-electron chi connectivity index (χ2n) is 9.89. The van der Waals surface area contributed by atoms with Crippen molar-refractivity contribution in [2.24, 2.45) is 12.5 Å². The van der Waals surface area contributed by atoms with Crippen LogP contribution in [-0.2, 0) is 7.05 Å². The van der Waals surface area contributed by atoms with Crippen LogP contribution in [0.4, 0.5) is 11.6 Å². The number of imidazole rings is 1. The molecule has 1 spiro atoms. The lowest BCUT2D eigenvalue weighted by Gasteiger charge is -2.54. The summed E-state index contributed by atoms with van der Waals surface area (Å²) in [6, 6.07) is 7.48. The van der Waals surface area contributed by atoms with E-state index in [0.29, 0.717) is 16.8 Å². The summed E-state index contributed by atoms with van der Waals surface area (Å²) in [5.74, 6) is 1.16. The summed E-state index contributed by atoms with van der Waals surface area (Å²) in [5, 5.41) is 4.79. The predicted molar refractivity (Wildman–Crippen MR) is 135 cm³/mol. The van der Waals surface area contributed by atoms with Gasteiger partial charge in [0.05, 0.1) is 23.9 Å². The summed E-state index contributed by atoms with van der Waals surface area (Å²) in [7, 11) is 4.12. The smallest absolute Gasteiger partial charge is 0.257 e. The molecule has 4 aromatic rings. The molecule has 35 heavy (non-hydrogen) atoms. The molecule has 0 bridgehead atoms. The first-order valence-corrected chi connectivity index (χ1v) is 11.9. The molecule has 2 saturated heterocycles. The highest BCUT2D eigenvalue weighted by atomic mass is 16.1. The fourth-order valence-corrected chi connectivity index (χ4v) is 5.11. The first kappa shape index (κ1) is 21.7. The molecule has 6 heterocycles. The largest absolute Gasteiger partial charge is 0.355 e. The normalized spacial score (nSPS) is 17.5. The van der Waals surface area contributed by atoms with Crippen LogP contribution in [0.25, 0.3) is 22.2 Å². The van der Waals surface area contributed by atoms with Gasteiger partial charge in [0.25, 0.3) is 5.91 Å². The van der Waals surface area contributed by atoms with Gasteiger partial charge in [-0.2, -0.15) is 0 Å². The number of rotatable bonds is 4. The lowest BCUT2D eigenvalue weighted by molar-refractivity contribution is 0.0900. The third kappa shape index (κ3) is 4.12. The number of aryl methyl sites for hydroxylation is 1. The number of piperidine rings is 1. The average molecular weight is 469 g/mol. The Kier molecular flexibility index (Phi) is 5.21. The van der Waals surface area contributed by atoms with E-state index in [-0.39, 0.29) is 5.91 Å². The van der Waals surface area contributed by atoms with Crippen molar-refractivity contribution in [3.05, 3.63) is 60.9 Å². The van der Waals surface area contributed by atoms with Crippen molar-refractivity contribution in [1.82, 2.24) is 29.4 Å². The van der Waals surface area contributed by atoms with E-state index >= 15 is 0 Å². The number of nitrogens with zero attached hydrogens (tertiary/aromatic N) is 7. The highest BCUT2D eigenvalue weighted by Gasteiger charge is 2.44. The minimum absolute atomic E-state index is 0.198. The van der Waals surface area contributed by atoms with Crippen LogP contribution < -0.4 is 10.2 Å². The zero-order valence-corrected chi connectivity index (χ0v) is 20.0. The summed E-state index contributed by atoms with van der Waals surface area (Å²) in [6.07, 6.45) is 11.2. The van der Waals surface area contributed by atoms with Gasteiger partial charge >= 0.3 is 0 Å². The van der Waals surface area contributed by atoms with Gasteiger partial charge in [0.1, 0.15) is 11.6 Å². The second-order valence-corrected chi connectivity index (χ2v) is 9.89. The minimum atomic E-state index is -0.198. The summed E-state index contributed by atoms with van der Waals surface area (Å²) < 4.78 is 1.92. The van der Waals surface area contributed by atoms with E-state index in [1.54, 1.807) is 37.2 Å². The van der Waals surface area contributed by atoms with Crippen LogP contribution >= 0.6 is 0 Å². The minimum Gasteiger partial charge on any atom is -0.355 e. The molecule has 9 nitrogen and oxygen atoms in total. The van der Waals surface area contributed by atoms with E-state index in [1.807, 2.05) is 29.8 Å². The van der Waals surface area contributed by atoms with Crippen molar-refractivity contribution in [2.75, 3.05) is 43.4 Å². The van der Waals surface area contributed by atoms with Crippen LogP contribution in [-0.4, -0.2) is 68.5 Å². The van der Waals surface area contributed by atoms with E-state index in [4.69, 9.17) is 0 Å². The summed E-state index contributed by atoms with van der Waals surface area (Å²) in [6.45, 7) is 4.33. The van der Waals surface area contributed by atoms with Crippen LogP contribution in [0.1, 0.15) is 23.2 Å². The van der Waals surface area contributed by atoms with Crippen molar-refractivity contribution in [3.63, 3.8) is 0 Å². The lowest BCUT2D eigenvalue weighted by atomic mass is 9.72. The number of amides is 1. The Balaban J connectivity index is 1.17. The van der Waals surface area contributed by atoms with Crippen LogP contribution in [0.3, 0.4) is 0 Å². The van der Waals surface area contributed by atoms with E-state index in [1.165, 1.54) is 12.8 Å². The van der Waals surface area contributed by atoms with Crippen molar-refractivity contribution in [2.45, 2.75) is 12.8 Å². The standard InChI is InChI=1S/C26H28N8O/c1-32-7-4-26(5-8-32)15-34(16-26)24-11-18(3-6-28-24)25(35)31-23-10-19-9-21(22-14-27-17-33(22)2)29-12-20(19)13-30-23/h3,6,9-14,17H,4-5,7-8,15-16H2,1-2H3,(H,30,31,35). The van der Waals surface area contributed by atoms with Gasteiger partial charge in [0.2, 0.25) is 0 Å². The third-order valence-electron chi connectivity index (χ3n) is 7.36. The molecule has 6 rings (SSSR count). The van der Waals surface area contributed by atoms with Gasteiger partial charge in [0.15, 0.2) is 0 Å². The fourth-order valence-electron chi connectivity index (χ4n) is 5.11. The van der Waals surface area contributed by atoms with Gasteiger partial charge in [0, 0.05) is 55.1 Å². The number of aromatic nitrogens is 5. The molecular formula is C26H28N8O. The molecule has 1 N–H and O–H groups in total. The Morgan fingerprint density at radius 1 is 0.971 bits per heavy atom. The van der Waals surface area contributed by atoms with Gasteiger partial charge in [-0.3, -0.25) is 9.78 Å². The van der Waals surface area contributed by atoms with Gasteiger partial charge in [-0.05, 0) is 62.6 Å². The molecule has 178 valence electrons. The molecule has 2 aliphatic rings. The van der Waals surface area contributed by atoms with Crippen molar-refractivity contribution >= 4 is 28.3 Å². The van der Waals surface area contributed by atoms with Crippen LogP contribution in [0.2, 0.25) is 0 Å². The Morgan fingerprint density at radius 3 is 2.54 bits per heavy atom. The maximum Gasteiger partial charge on any atom is 0.257 e. The van der Waals surface area contributed by atoms with Gasteiger partial charge in [-0.1, -0.05) is 0 Å². The van der Waals surface area contributed by atoms with Crippen molar-refractivity contribution in [1.29, 1.82) is 0 Å². The van der Waals surface area contributed by atoms with Crippen LogP contribution in [0.5, 0.6) is 0 Å². The molecule has 2 fully saturated rings. The Labute approximate surface area is 203 Å². The zero-order valence-electron chi connectivity index (χ0n) is 20.0. The molecule has 0 saturated carbocycles. The summed E-state index contributed by atoms with van der Waals surface area (Å²) >= 11 is 0. The fraction of sp³-hybridized carbons (Fsp3) is 0.346. The second kappa shape index (κ2) is 8.42. The van der Waals surface area contributed by atoms with Gasteiger partial charge in [-0.25, -0.2) is 15.0 Å². The molecule has 0 aromatic carbocycles. The third-order valence-corrected chi connectivity index (χ3v) is 7.36. The average Bonchev–Trinajstić information content (AvgIpc) is 3.28. The number of carbonyl (C=O) groups excluding carboxylic acids is 1. The highest BCUT2D eigenvalue weighted by Crippen LogP contribution is 2.41. The highest BCUT2D eigenvalue weighted by molar-refractivity contribution is 6.05. The van der Waals surface area contributed by atoms with Gasteiger partial charge in [-0.15, -0.1) is 0 Å². The monoisotopic (exact) mass is 468 g/mol. The maximum absolute atomic E-state index is 13.0. The predicted octanol–water partition coefficient (Wildman–Crippen LogP) is 3.21. The Hall–Kier alpha value is -3.85. The molecule has 2 aliphatic heterocycles. The topological polar surface area (TPSA) is 92.1 Å². The van der Waals surface area contributed by atoms with E-state index in [9.17, 15) is 4.79 Å². The molecular weight excluding hydrogens is 440 g/mol. The first-order valence-electron chi connectivity index (χ1n) is 11.9. The number of carbonyl (C=O) groups is 1. The number of hydrogen-bond donors (Lipinski definition) is 1. The number of fused-ring (bicyclic) bond motifs is 1. The molecule has 0 aliphatic carbocycles. The quantitative estimate of drug-likeness (QED) is 0.492. The molecule has 1 amide bonds. The Morgan fingerprint density at radius 2 is 1.77 bits per heavy atom. The number of hydrogen-bond acceptors (Lipinski definition) is 7. The summed E-state index contributed by atoms with van der Waals surface area (Å²) in [5.41, 5.74) is 2.72. The van der Waals surface area contributed by atoms with Crippen LogP contribution in [0, 0.1) is 5.41 Å². The number of anilines is 2. The van der Waals surface area contributed by atoms with Crippen LogP contribution in [0.15, 0.2) is 55.4 Å². The van der Waals surface area contributed by atoms with Gasteiger partial charge < -0.3 is 19.7 Å². The van der Waals surface area contributed by atoms with E-state index < -0.39 is 0 Å². The van der Waals surface area contributed by atoms with Crippen molar-refractivity contribution in [3.8, 4) is 11.4 Å². The Bertz CT molecular complexity index is 1400. The first-order chi connectivity index (χ1) is 17.0. The molecule has 4 aromatic heterocycles. The number of likely N-dealkylation sites (tertiary alicyclic amines) is 1. The van der Waals surface area contributed by atoms with E-state index in [0.717, 1.165) is 54.2 Å². The van der Waals surface area contributed by atoms with E-state index in [2.05, 4.69) is 42.1 Å². The lowest BCUT2D eigenvalue weighted by Crippen LogP contribution is -2.60. The number of nitrogens with one attached hydrogen (secondary N) is 1. The number of pyridine rings is 3. The SMILES string of the molecule is CN1CCC2(CC1)CN(c1cc(C(=O)Nc3cc4cc(-c5cncn5C)ncc4cn3)ccn1)C2. The molecule has 0 radical (unpaired) electrons. The molecule has 0 unspecified atom stereocenters. The molecule has 9 heteroatoms. The summed E-state index contributed by atoms with van der Waals surface area (Å²) in [4.78, 5) is 35.3. The van der Waals surface area contributed by atoms with Crippen molar-refractivity contribution < 1.29 is 4.79 Å². The zero-order chi connectivity index (χ0) is 24.0.